The van der Waals surface area contributed by atoms with E-state index in [1.54, 1.807) is 7.11 Å². The van der Waals surface area contributed by atoms with Gasteiger partial charge in [-0.1, -0.05) is 36.4 Å². The largest absolute Gasteiger partial charge is 0.479 e. The number of pyridine rings is 1. The van der Waals surface area contributed by atoms with Crippen LogP contribution < -0.4 is 20.5 Å². The highest BCUT2D eigenvalue weighted by Gasteiger charge is 2.08. The number of ether oxygens (including phenoxy) is 2. The van der Waals surface area contributed by atoms with E-state index in [1.165, 1.54) is 11.1 Å². The monoisotopic (exact) mass is 363 g/mol. The summed E-state index contributed by atoms with van der Waals surface area (Å²) in [5.74, 6) is 1.04. The summed E-state index contributed by atoms with van der Waals surface area (Å²) in [6, 6.07) is 18.3. The Morgan fingerprint density at radius 2 is 1.89 bits per heavy atom. The fourth-order valence-corrected chi connectivity index (χ4v) is 3.05. The zero-order chi connectivity index (χ0) is 19.2. The van der Waals surface area contributed by atoms with Crippen LogP contribution in [0.1, 0.15) is 16.7 Å². The van der Waals surface area contributed by atoms with E-state index in [4.69, 9.17) is 15.2 Å². The van der Waals surface area contributed by atoms with Gasteiger partial charge in [0.15, 0.2) is 0 Å². The van der Waals surface area contributed by atoms with Crippen LogP contribution in [0.2, 0.25) is 0 Å². The van der Waals surface area contributed by atoms with Crippen LogP contribution in [-0.2, 0) is 13.2 Å². The minimum atomic E-state index is 0.429. The van der Waals surface area contributed by atoms with Crippen LogP contribution in [0.15, 0.2) is 54.6 Å². The Morgan fingerprint density at radius 3 is 2.63 bits per heavy atom. The zero-order valence-electron chi connectivity index (χ0n) is 16.0. The van der Waals surface area contributed by atoms with Gasteiger partial charge in [-0.05, 0) is 46.9 Å². The number of hydrogen-bond donors (Lipinski definition) is 2. The first-order chi connectivity index (χ1) is 13.2. The number of methoxy groups -OCH3 is 1. The van der Waals surface area contributed by atoms with Gasteiger partial charge in [0.05, 0.1) is 12.8 Å². The Kier molecular flexibility index (Phi) is 5.94. The predicted molar refractivity (Wildman–Crippen MR) is 109 cm³/mol. The van der Waals surface area contributed by atoms with E-state index in [1.807, 2.05) is 37.4 Å². The first-order valence-electron chi connectivity index (χ1n) is 8.89. The van der Waals surface area contributed by atoms with E-state index in [-0.39, 0.29) is 0 Å². The summed E-state index contributed by atoms with van der Waals surface area (Å²) in [4.78, 5) is 4.37. The molecule has 0 atom stereocenters. The lowest BCUT2D eigenvalue weighted by Gasteiger charge is -2.13. The molecule has 3 rings (SSSR count). The highest BCUT2D eigenvalue weighted by Crippen LogP contribution is 2.28. The number of nitrogens with two attached hydrogens (primary N) is 1. The van der Waals surface area contributed by atoms with Gasteiger partial charge >= 0.3 is 0 Å². The van der Waals surface area contributed by atoms with E-state index in [2.05, 4.69) is 41.5 Å². The van der Waals surface area contributed by atoms with E-state index < -0.39 is 0 Å². The third-order valence-corrected chi connectivity index (χ3v) is 4.59. The SMILES string of the molecule is CNc1ccc(OCc2cccc(-c3cccc(CN)c3C)c2)nc1OC. The zero-order valence-corrected chi connectivity index (χ0v) is 16.0. The van der Waals surface area contributed by atoms with Crippen LogP contribution >= 0.6 is 0 Å². The lowest BCUT2D eigenvalue weighted by molar-refractivity contribution is 0.287. The summed E-state index contributed by atoms with van der Waals surface area (Å²) in [6.45, 7) is 3.08. The third kappa shape index (κ3) is 4.20. The summed E-state index contributed by atoms with van der Waals surface area (Å²) in [7, 11) is 3.42. The molecule has 0 aliphatic heterocycles. The Labute approximate surface area is 160 Å². The Bertz CT molecular complexity index is 925. The van der Waals surface area contributed by atoms with E-state index in [0.717, 1.165) is 22.4 Å². The van der Waals surface area contributed by atoms with Gasteiger partial charge in [-0.25, -0.2) is 0 Å². The van der Waals surface area contributed by atoms with Crippen LogP contribution in [0.5, 0.6) is 11.8 Å². The fraction of sp³-hybridized carbons (Fsp3) is 0.227. The van der Waals surface area contributed by atoms with Crippen molar-refractivity contribution in [3.8, 4) is 22.9 Å². The minimum Gasteiger partial charge on any atom is -0.479 e. The molecule has 0 aliphatic carbocycles. The van der Waals surface area contributed by atoms with Gasteiger partial charge < -0.3 is 20.5 Å². The second-order valence-electron chi connectivity index (χ2n) is 6.24. The number of nitrogens with zero attached hydrogens (tertiary/aromatic N) is 1. The van der Waals surface area contributed by atoms with Crippen molar-refractivity contribution in [3.05, 3.63) is 71.3 Å². The van der Waals surface area contributed by atoms with Crippen LogP contribution in [0.3, 0.4) is 0 Å². The quantitative estimate of drug-likeness (QED) is 0.660. The number of anilines is 1. The lowest BCUT2D eigenvalue weighted by atomic mass is 9.95. The van der Waals surface area contributed by atoms with E-state index >= 15 is 0 Å². The van der Waals surface area contributed by atoms with Crippen LogP contribution in [0, 0.1) is 6.92 Å². The molecule has 1 aromatic heterocycles. The van der Waals surface area contributed by atoms with Crippen molar-refractivity contribution in [2.75, 3.05) is 19.5 Å². The second kappa shape index (κ2) is 8.56. The first kappa shape index (κ1) is 18.7. The molecule has 0 spiro atoms. The molecule has 0 unspecified atom stereocenters. The number of benzene rings is 2. The normalized spacial score (nSPS) is 10.5. The molecular weight excluding hydrogens is 338 g/mol. The number of aromatic nitrogens is 1. The van der Waals surface area contributed by atoms with Crippen LogP contribution in [-0.4, -0.2) is 19.1 Å². The summed E-state index contributed by atoms with van der Waals surface area (Å²) >= 11 is 0. The molecule has 0 saturated heterocycles. The van der Waals surface area contributed by atoms with Gasteiger partial charge in [-0.2, -0.15) is 4.98 Å². The maximum atomic E-state index is 5.86. The predicted octanol–water partition coefficient (Wildman–Crippen LogP) is 4.15. The second-order valence-corrected chi connectivity index (χ2v) is 6.24. The lowest BCUT2D eigenvalue weighted by Crippen LogP contribution is -2.02. The van der Waals surface area contributed by atoms with Crippen molar-refractivity contribution in [2.24, 2.45) is 5.73 Å². The summed E-state index contributed by atoms with van der Waals surface area (Å²) in [6.07, 6.45) is 0. The maximum Gasteiger partial charge on any atom is 0.240 e. The Balaban J connectivity index is 1.79. The van der Waals surface area contributed by atoms with E-state index in [0.29, 0.717) is 24.9 Å². The van der Waals surface area contributed by atoms with Crippen molar-refractivity contribution >= 4 is 5.69 Å². The first-order valence-corrected chi connectivity index (χ1v) is 8.89. The standard InChI is InChI=1S/C22H25N3O2/c1-15-18(13-23)8-5-9-19(15)17-7-4-6-16(12-17)14-27-21-11-10-20(24-2)22(25-21)26-3/h4-12,24H,13-14,23H2,1-3H3. The van der Waals surface area contributed by atoms with Gasteiger partial charge in [-0.15, -0.1) is 0 Å². The topological polar surface area (TPSA) is 69.4 Å². The van der Waals surface area contributed by atoms with E-state index in [9.17, 15) is 0 Å². The summed E-state index contributed by atoms with van der Waals surface area (Å²) in [5, 5.41) is 3.04. The molecular formula is C22H25N3O2. The number of rotatable bonds is 7. The molecule has 0 radical (unpaired) electrons. The molecule has 0 saturated carbocycles. The van der Waals surface area contributed by atoms with Crippen molar-refractivity contribution < 1.29 is 9.47 Å². The highest BCUT2D eigenvalue weighted by molar-refractivity contribution is 5.69. The van der Waals surface area contributed by atoms with Crippen LogP contribution in [0.4, 0.5) is 5.69 Å². The molecule has 5 heteroatoms. The number of nitrogens with one attached hydrogen (secondary N) is 1. The Hall–Kier alpha value is -3.05. The molecule has 0 bridgehead atoms. The Morgan fingerprint density at radius 1 is 1.07 bits per heavy atom. The average Bonchev–Trinajstić information content (AvgIpc) is 2.72. The maximum absolute atomic E-state index is 5.86. The highest BCUT2D eigenvalue weighted by atomic mass is 16.5. The van der Waals surface area contributed by atoms with Crippen LogP contribution in [0.25, 0.3) is 11.1 Å². The van der Waals surface area contributed by atoms with Crippen molar-refractivity contribution in [2.45, 2.75) is 20.1 Å². The van der Waals surface area contributed by atoms with Gasteiger partial charge in [0.25, 0.3) is 0 Å². The summed E-state index contributed by atoms with van der Waals surface area (Å²) < 4.78 is 11.1. The third-order valence-electron chi connectivity index (χ3n) is 4.59. The molecule has 1 heterocycles. The van der Waals surface area contributed by atoms with Crippen molar-refractivity contribution in [1.29, 1.82) is 0 Å². The molecule has 3 N–H and O–H groups in total. The fourth-order valence-electron chi connectivity index (χ4n) is 3.05. The number of hydrogen-bond acceptors (Lipinski definition) is 5. The average molecular weight is 363 g/mol. The van der Waals surface area contributed by atoms with Crippen molar-refractivity contribution in [3.63, 3.8) is 0 Å². The van der Waals surface area contributed by atoms with Gasteiger partial charge in [-0.3, -0.25) is 0 Å². The molecule has 5 nitrogen and oxygen atoms in total. The molecule has 0 aliphatic rings. The van der Waals surface area contributed by atoms with Gasteiger partial charge in [0, 0.05) is 19.7 Å². The van der Waals surface area contributed by atoms with Gasteiger partial charge in [0.2, 0.25) is 11.8 Å². The molecule has 3 aromatic rings. The van der Waals surface area contributed by atoms with Gasteiger partial charge in [0.1, 0.15) is 6.61 Å². The smallest absolute Gasteiger partial charge is 0.240 e. The minimum absolute atomic E-state index is 0.429. The van der Waals surface area contributed by atoms with Crippen molar-refractivity contribution in [1.82, 2.24) is 4.98 Å². The molecule has 27 heavy (non-hydrogen) atoms. The summed E-state index contributed by atoms with van der Waals surface area (Å²) in [5.41, 5.74) is 12.5. The molecule has 2 aromatic carbocycles. The molecule has 0 amide bonds. The molecule has 140 valence electrons. The molecule has 0 fully saturated rings.